The van der Waals surface area contributed by atoms with E-state index >= 15 is 0 Å². The van der Waals surface area contributed by atoms with Gasteiger partial charge in [0.2, 0.25) is 0 Å². The van der Waals surface area contributed by atoms with E-state index < -0.39 is 10.8 Å². The van der Waals surface area contributed by atoms with E-state index in [1.807, 2.05) is 43.3 Å². The second-order valence-electron chi connectivity index (χ2n) is 6.11. The van der Waals surface area contributed by atoms with Crippen molar-refractivity contribution in [1.29, 1.82) is 0 Å². The zero-order valence-electron chi connectivity index (χ0n) is 15.8. The Balaban J connectivity index is 2.16. The van der Waals surface area contributed by atoms with E-state index in [1.54, 1.807) is 7.11 Å². The Morgan fingerprint density at radius 1 is 1.19 bits per heavy atom. The van der Waals surface area contributed by atoms with Crippen LogP contribution in [0.4, 0.5) is 5.69 Å². The minimum Gasteiger partial charge on any atom is -0.497 e. The number of rotatable bonds is 8. The molecule has 0 fully saturated rings. The molecule has 0 aromatic heterocycles. The number of nitro groups is 1. The molecule has 2 aromatic carbocycles. The number of nitrogens with one attached hydrogen (secondary N) is 1. The first-order valence-electron chi connectivity index (χ1n) is 8.28. The summed E-state index contributed by atoms with van der Waals surface area (Å²) >= 11 is 0. The van der Waals surface area contributed by atoms with Gasteiger partial charge in [0.05, 0.1) is 25.2 Å². The summed E-state index contributed by atoms with van der Waals surface area (Å²) in [4.78, 5) is 25.0. The fourth-order valence-corrected chi connectivity index (χ4v) is 2.71. The molecule has 1 unspecified atom stereocenters. The van der Waals surface area contributed by atoms with Gasteiger partial charge >= 0.3 is 5.69 Å². The van der Waals surface area contributed by atoms with Crippen LogP contribution in [0.25, 0.3) is 0 Å². The smallest absolute Gasteiger partial charge is 0.311 e. The Morgan fingerprint density at radius 2 is 1.93 bits per heavy atom. The predicted octanol–water partition coefficient (Wildman–Crippen LogP) is 2.64. The van der Waals surface area contributed by atoms with Gasteiger partial charge in [-0.3, -0.25) is 14.9 Å². The summed E-state index contributed by atoms with van der Waals surface area (Å²) in [5.41, 5.74) is 0.938. The Hall–Kier alpha value is -3.13. The highest BCUT2D eigenvalue weighted by atomic mass is 16.6. The average Bonchev–Trinajstić information content (AvgIpc) is 2.67. The number of carbonyl (C=O) groups excluding carboxylic acids is 1. The van der Waals surface area contributed by atoms with Gasteiger partial charge in [-0.05, 0) is 43.9 Å². The van der Waals surface area contributed by atoms with Crippen LogP contribution in [0, 0.1) is 10.1 Å². The first-order chi connectivity index (χ1) is 12.9. The number of likely N-dealkylation sites (N-methyl/N-ethyl adjacent to an activating group) is 1. The maximum absolute atomic E-state index is 12.5. The van der Waals surface area contributed by atoms with Crippen LogP contribution in [0.5, 0.6) is 11.5 Å². The third-order valence-electron chi connectivity index (χ3n) is 4.20. The Morgan fingerprint density at radius 3 is 2.52 bits per heavy atom. The van der Waals surface area contributed by atoms with E-state index in [2.05, 4.69) is 5.32 Å². The van der Waals surface area contributed by atoms with Crippen LogP contribution in [0.2, 0.25) is 0 Å². The SMILES string of the molecule is COc1cccc(C(CNC(=O)c2ccc(OC)c([N+](=O)[O-])c2)N(C)C)c1. The molecular formula is C19H23N3O5. The van der Waals surface area contributed by atoms with Crippen LogP contribution < -0.4 is 14.8 Å². The van der Waals surface area contributed by atoms with Crippen LogP contribution in [-0.2, 0) is 0 Å². The fourth-order valence-electron chi connectivity index (χ4n) is 2.71. The third-order valence-corrected chi connectivity index (χ3v) is 4.20. The number of hydrogen-bond acceptors (Lipinski definition) is 6. The molecule has 0 aliphatic heterocycles. The maximum Gasteiger partial charge on any atom is 0.311 e. The van der Waals surface area contributed by atoms with Crippen molar-refractivity contribution in [3.8, 4) is 11.5 Å². The van der Waals surface area contributed by atoms with Gasteiger partial charge in [-0.25, -0.2) is 0 Å². The summed E-state index contributed by atoms with van der Waals surface area (Å²) in [6, 6.07) is 11.6. The van der Waals surface area contributed by atoms with Gasteiger partial charge in [0, 0.05) is 18.2 Å². The quantitative estimate of drug-likeness (QED) is 0.565. The topological polar surface area (TPSA) is 93.9 Å². The first kappa shape index (κ1) is 20.2. The molecule has 1 N–H and O–H groups in total. The summed E-state index contributed by atoms with van der Waals surface area (Å²) in [6.45, 7) is 0.332. The fraction of sp³-hybridized carbons (Fsp3) is 0.316. The number of ether oxygens (including phenoxy) is 2. The second-order valence-corrected chi connectivity index (χ2v) is 6.11. The molecule has 1 atom stereocenters. The lowest BCUT2D eigenvalue weighted by Gasteiger charge is -2.25. The lowest BCUT2D eigenvalue weighted by molar-refractivity contribution is -0.385. The van der Waals surface area contributed by atoms with Gasteiger partial charge < -0.3 is 19.7 Å². The van der Waals surface area contributed by atoms with E-state index in [1.165, 1.54) is 25.3 Å². The predicted molar refractivity (Wildman–Crippen MR) is 101 cm³/mol. The number of nitrogens with zero attached hydrogens (tertiary/aromatic N) is 2. The molecule has 144 valence electrons. The number of methoxy groups -OCH3 is 2. The highest BCUT2D eigenvalue weighted by Crippen LogP contribution is 2.27. The molecule has 0 aliphatic rings. The van der Waals surface area contributed by atoms with Gasteiger partial charge in [0.25, 0.3) is 5.91 Å². The van der Waals surface area contributed by atoms with Crippen LogP contribution in [0.1, 0.15) is 22.0 Å². The number of hydrogen-bond donors (Lipinski definition) is 1. The number of carbonyl (C=O) groups is 1. The molecular weight excluding hydrogens is 350 g/mol. The van der Waals surface area contributed by atoms with Gasteiger partial charge in [0.15, 0.2) is 5.75 Å². The van der Waals surface area contributed by atoms with E-state index in [-0.39, 0.29) is 23.0 Å². The van der Waals surface area contributed by atoms with Crippen molar-refractivity contribution >= 4 is 11.6 Å². The zero-order chi connectivity index (χ0) is 20.0. The van der Waals surface area contributed by atoms with Crippen LogP contribution >= 0.6 is 0 Å². The van der Waals surface area contributed by atoms with Crippen LogP contribution in [-0.4, -0.2) is 50.6 Å². The van der Waals surface area contributed by atoms with Crippen molar-refractivity contribution in [2.24, 2.45) is 0 Å². The highest BCUT2D eigenvalue weighted by Gasteiger charge is 2.20. The van der Waals surface area contributed by atoms with Crippen molar-refractivity contribution in [3.63, 3.8) is 0 Å². The molecule has 0 saturated carbocycles. The molecule has 0 bridgehead atoms. The number of benzene rings is 2. The largest absolute Gasteiger partial charge is 0.497 e. The van der Waals surface area contributed by atoms with Crippen molar-refractivity contribution in [3.05, 3.63) is 63.7 Å². The average molecular weight is 373 g/mol. The summed E-state index contributed by atoms with van der Waals surface area (Å²) < 4.78 is 10.2. The highest BCUT2D eigenvalue weighted by molar-refractivity contribution is 5.95. The summed E-state index contributed by atoms with van der Waals surface area (Å²) in [7, 11) is 6.77. The molecule has 0 aliphatic carbocycles. The molecule has 0 saturated heterocycles. The monoisotopic (exact) mass is 373 g/mol. The Labute approximate surface area is 157 Å². The van der Waals surface area contributed by atoms with Gasteiger partial charge in [-0.2, -0.15) is 0 Å². The molecule has 0 radical (unpaired) electrons. The van der Waals surface area contributed by atoms with Gasteiger partial charge in [0.1, 0.15) is 5.75 Å². The van der Waals surface area contributed by atoms with E-state index in [9.17, 15) is 14.9 Å². The van der Waals surface area contributed by atoms with E-state index in [0.29, 0.717) is 6.54 Å². The summed E-state index contributed by atoms with van der Waals surface area (Å²) in [5.74, 6) is 0.450. The van der Waals surface area contributed by atoms with E-state index in [0.717, 1.165) is 11.3 Å². The Bertz CT molecular complexity index is 823. The summed E-state index contributed by atoms with van der Waals surface area (Å²) in [6.07, 6.45) is 0. The molecule has 0 spiro atoms. The molecule has 8 heteroatoms. The molecule has 2 aromatic rings. The maximum atomic E-state index is 12.5. The van der Waals surface area contributed by atoms with Gasteiger partial charge in [-0.1, -0.05) is 12.1 Å². The molecule has 27 heavy (non-hydrogen) atoms. The lowest BCUT2D eigenvalue weighted by Crippen LogP contribution is -2.34. The zero-order valence-corrected chi connectivity index (χ0v) is 15.8. The molecule has 0 heterocycles. The third kappa shape index (κ3) is 4.95. The first-order valence-corrected chi connectivity index (χ1v) is 8.28. The minimum atomic E-state index is -0.575. The van der Waals surface area contributed by atoms with Crippen LogP contribution in [0.15, 0.2) is 42.5 Å². The second kappa shape index (κ2) is 9.00. The molecule has 8 nitrogen and oxygen atoms in total. The van der Waals surface area contributed by atoms with Crippen molar-refractivity contribution in [2.45, 2.75) is 6.04 Å². The van der Waals surface area contributed by atoms with Crippen molar-refractivity contribution in [1.82, 2.24) is 10.2 Å². The van der Waals surface area contributed by atoms with Gasteiger partial charge in [-0.15, -0.1) is 0 Å². The van der Waals surface area contributed by atoms with Crippen molar-refractivity contribution in [2.75, 3.05) is 34.9 Å². The number of nitro benzene ring substituents is 1. The standard InChI is InChI=1S/C19H23N3O5/c1-21(2)17(13-6-5-7-15(10-13)26-3)12-20-19(23)14-8-9-18(27-4)16(11-14)22(24)25/h5-11,17H,12H2,1-4H3,(H,20,23). The number of amides is 1. The summed E-state index contributed by atoms with van der Waals surface area (Å²) in [5, 5.41) is 14.0. The van der Waals surface area contributed by atoms with E-state index in [4.69, 9.17) is 9.47 Å². The molecule has 2 rings (SSSR count). The van der Waals surface area contributed by atoms with Crippen LogP contribution in [0.3, 0.4) is 0 Å². The normalized spacial score (nSPS) is 11.7. The van der Waals surface area contributed by atoms with Crippen molar-refractivity contribution < 1.29 is 19.2 Å². The lowest BCUT2D eigenvalue weighted by atomic mass is 10.1. The Kier molecular flexibility index (Phi) is 6.73. The molecule has 1 amide bonds. The minimum absolute atomic E-state index is 0.0858.